The van der Waals surface area contributed by atoms with Crippen LogP contribution in [0.15, 0.2) is 54.9 Å². The molecular weight excluding hydrogens is 310 g/mol. The molecular formula is C20H25N5. The molecule has 2 heterocycles. The minimum absolute atomic E-state index is 0.827. The summed E-state index contributed by atoms with van der Waals surface area (Å²) in [5, 5.41) is 14.2. The summed E-state index contributed by atoms with van der Waals surface area (Å²) < 4.78 is 0. The van der Waals surface area contributed by atoms with Crippen molar-refractivity contribution in [3.63, 3.8) is 0 Å². The van der Waals surface area contributed by atoms with Gasteiger partial charge in [-0.1, -0.05) is 29.8 Å². The van der Waals surface area contributed by atoms with Crippen molar-refractivity contribution in [3.8, 4) is 11.3 Å². The van der Waals surface area contributed by atoms with Gasteiger partial charge in [-0.2, -0.15) is 5.10 Å². The van der Waals surface area contributed by atoms with E-state index in [0.29, 0.717) is 0 Å². The van der Waals surface area contributed by atoms with Gasteiger partial charge in [-0.3, -0.25) is 5.10 Å². The highest BCUT2D eigenvalue weighted by Crippen LogP contribution is 2.21. The molecule has 0 aliphatic rings. The molecule has 0 spiro atoms. The maximum absolute atomic E-state index is 4.25. The first kappa shape index (κ1) is 17.2. The lowest BCUT2D eigenvalue weighted by molar-refractivity contribution is 0.633. The summed E-state index contributed by atoms with van der Waals surface area (Å²) >= 11 is 0. The molecule has 1 aromatic carbocycles. The molecule has 0 saturated carbocycles. The molecule has 3 aromatic rings. The smallest absolute Gasteiger partial charge is 0.125 e. The topological polar surface area (TPSA) is 65.6 Å². The molecule has 3 rings (SSSR count). The van der Waals surface area contributed by atoms with Gasteiger partial charge < -0.3 is 10.6 Å². The van der Waals surface area contributed by atoms with Gasteiger partial charge in [-0.15, -0.1) is 0 Å². The molecule has 3 N–H and O–H groups in total. The molecule has 0 fully saturated rings. The van der Waals surface area contributed by atoms with Crippen LogP contribution in [0.3, 0.4) is 0 Å². The van der Waals surface area contributed by atoms with E-state index in [0.717, 1.165) is 44.0 Å². The second-order valence-electron chi connectivity index (χ2n) is 6.17. The predicted octanol–water partition coefficient (Wildman–Crippen LogP) is 3.76. The van der Waals surface area contributed by atoms with Crippen LogP contribution in [0.25, 0.3) is 11.3 Å². The van der Waals surface area contributed by atoms with E-state index < -0.39 is 0 Å². The van der Waals surface area contributed by atoms with Crippen LogP contribution in [-0.4, -0.2) is 28.3 Å². The van der Waals surface area contributed by atoms with Crippen molar-refractivity contribution >= 4 is 5.82 Å². The fourth-order valence-electron chi connectivity index (χ4n) is 2.78. The van der Waals surface area contributed by atoms with E-state index in [9.17, 15) is 0 Å². The number of rotatable bonds is 9. The molecule has 0 aliphatic heterocycles. The Morgan fingerprint density at radius 3 is 2.80 bits per heavy atom. The van der Waals surface area contributed by atoms with Crippen molar-refractivity contribution < 1.29 is 0 Å². The number of hydrogen-bond donors (Lipinski definition) is 3. The summed E-state index contributed by atoms with van der Waals surface area (Å²) in [4.78, 5) is 4.25. The number of aromatic amines is 1. The number of unbranched alkanes of at least 4 members (excludes halogenated alkanes) is 1. The van der Waals surface area contributed by atoms with Gasteiger partial charge >= 0.3 is 0 Å². The maximum Gasteiger partial charge on any atom is 0.125 e. The monoisotopic (exact) mass is 335 g/mol. The summed E-state index contributed by atoms with van der Waals surface area (Å²) in [6.07, 6.45) is 5.95. The Morgan fingerprint density at radius 1 is 1.04 bits per heavy atom. The number of benzene rings is 1. The molecule has 5 nitrogen and oxygen atoms in total. The van der Waals surface area contributed by atoms with Crippen LogP contribution >= 0.6 is 0 Å². The van der Waals surface area contributed by atoms with E-state index in [1.165, 1.54) is 16.7 Å². The molecule has 25 heavy (non-hydrogen) atoms. The summed E-state index contributed by atoms with van der Waals surface area (Å²) in [6, 6.07) is 14.4. The van der Waals surface area contributed by atoms with Crippen molar-refractivity contribution in [2.75, 3.05) is 18.4 Å². The van der Waals surface area contributed by atoms with Gasteiger partial charge in [-0.05, 0) is 44.5 Å². The van der Waals surface area contributed by atoms with Crippen molar-refractivity contribution in [1.82, 2.24) is 20.5 Å². The Morgan fingerprint density at radius 2 is 1.96 bits per heavy atom. The van der Waals surface area contributed by atoms with Crippen LogP contribution < -0.4 is 10.6 Å². The third-order valence-corrected chi connectivity index (χ3v) is 4.09. The van der Waals surface area contributed by atoms with Gasteiger partial charge in [0.15, 0.2) is 0 Å². The lowest BCUT2D eigenvalue weighted by Gasteiger charge is -2.07. The molecule has 0 unspecified atom stereocenters. The largest absolute Gasteiger partial charge is 0.370 e. The van der Waals surface area contributed by atoms with E-state index in [1.807, 2.05) is 24.4 Å². The quantitative estimate of drug-likeness (QED) is 0.521. The number of H-pyrrole nitrogens is 1. The molecule has 0 amide bonds. The normalized spacial score (nSPS) is 10.8. The predicted molar refractivity (Wildman–Crippen MR) is 102 cm³/mol. The Balaban J connectivity index is 1.38. The number of hydrogen-bond acceptors (Lipinski definition) is 4. The average Bonchev–Trinajstić information content (AvgIpc) is 3.10. The lowest BCUT2D eigenvalue weighted by atomic mass is 10.1. The standard InChI is InChI=1S/C20H25N5/c1-16-7-6-8-17(13-16)20-18(15-24-25-20)14-21-10-4-5-12-23-19-9-2-3-11-22-19/h2-3,6-9,11,13,15,21H,4-5,10,12,14H2,1H3,(H,22,23)(H,24,25). The van der Waals surface area contributed by atoms with E-state index in [4.69, 9.17) is 0 Å². The van der Waals surface area contributed by atoms with Crippen LogP contribution in [-0.2, 0) is 6.54 Å². The van der Waals surface area contributed by atoms with Crippen LogP contribution in [0.2, 0.25) is 0 Å². The van der Waals surface area contributed by atoms with Crippen LogP contribution in [0.4, 0.5) is 5.82 Å². The highest BCUT2D eigenvalue weighted by Gasteiger charge is 2.07. The van der Waals surface area contributed by atoms with E-state index in [-0.39, 0.29) is 0 Å². The first-order valence-corrected chi connectivity index (χ1v) is 8.78. The van der Waals surface area contributed by atoms with Crippen molar-refractivity contribution in [3.05, 3.63) is 66.0 Å². The van der Waals surface area contributed by atoms with Gasteiger partial charge in [0.1, 0.15) is 5.82 Å². The molecule has 130 valence electrons. The van der Waals surface area contributed by atoms with Crippen LogP contribution in [0.5, 0.6) is 0 Å². The molecule has 0 saturated heterocycles. The van der Waals surface area contributed by atoms with Gasteiger partial charge in [0.25, 0.3) is 0 Å². The molecule has 0 bridgehead atoms. The third-order valence-electron chi connectivity index (χ3n) is 4.09. The molecule has 5 heteroatoms. The number of nitrogens with zero attached hydrogens (tertiary/aromatic N) is 2. The minimum atomic E-state index is 0.827. The molecule has 0 atom stereocenters. The van der Waals surface area contributed by atoms with E-state index in [2.05, 4.69) is 57.0 Å². The van der Waals surface area contributed by atoms with Gasteiger partial charge in [0.05, 0.1) is 11.9 Å². The van der Waals surface area contributed by atoms with Crippen LogP contribution in [0.1, 0.15) is 24.0 Å². The first-order chi connectivity index (χ1) is 12.3. The highest BCUT2D eigenvalue weighted by atomic mass is 15.1. The fourth-order valence-corrected chi connectivity index (χ4v) is 2.78. The number of aromatic nitrogens is 3. The molecule has 0 radical (unpaired) electrons. The Kier molecular flexibility index (Phi) is 6.17. The van der Waals surface area contributed by atoms with Gasteiger partial charge in [0.2, 0.25) is 0 Å². The zero-order valence-electron chi connectivity index (χ0n) is 14.6. The Hall–Kier alpha value is -2.66. The molecule has 0 aliphatic carbocycles. The lowest BCUT2D eigenvalue weighted by Crippen LogP contribution is -2.16. The Labute approximate surface area is 148 Å². The summed E-state index contributed by atoms with van der Waals surface area (Å²) in [6.45, 7) is 4.87. The van der Waals surface area contributed by atoms with Crippen molar-refractivity contribution in [2.45, 2.75) is 26.3 Å². The van der Waals surface area contributed by atoms with E-state index in [1.54, 1.807) is 6.20 Å². The van der Waals surface area contributed by atoms with Gasteiger partial charge in [-0.25, -0.2) is 4.98 Å². The van der Waals surface area contributed by atoms with Crippen LogP contribution in [0, 0.1) is 6.92 Å². The number of anilines is 1. The zero-order chi connectivity index (χ0) is 17.3. The summed E-state index contributed by atoms with van der Waals surface area (Å²) in [7, 11) is 0. The van der Waals surface area contributed by atoms with Gasteiger partial charge in [0, 0.05) is 30.4 Å². The third kappa shape index (κ3) is 5.16. The Bertz CT molecular complexity index is 767. The van der Waals surface area contributed by atoms with E-state index >= 15 is 0 Å². The number of nitrogens with one attached hydrogen (secondary N) is 3. The minimum Gasteiger partial charge on any atom is -0.370 e. The summed E-state index contributed by atoms with van der Waals surface area (Å²) in [5.41, 5.74) is 4.76. The van der Waals surface area contributed by atoms with Crippen molar-refractivity contribution in [1.29, 1.82) is 0 Å². The summed E-state index contributed by atoms with van der Waals surface area (Å²) in [5.74, 6) is 0.941. The average molecular weight is 335 g/mol. The highest BCUT2D eigenvalue weighted by molar-refractivity contribution is 5.63. The maximum atomic E-state index is 4.25. The first-order valence-electron chi connectivity index (χ1n) is 8.78. The number of aryl methyl sites for hydroxylation is 1. The SMILES string of the molecule is Cc1cccc(-c2[nH]ncc2CNCCCCNc2ccccn2)c1. The second kappa shape index (κ2) is 8.99. The number of pyridine rings is 1. The second-order valence-corrected chi connectivity index (χ2v) is 6.17. The molecule has 2 aromatic heterocycles. The fraction of sp³-hybridized carbons (Fsp3) is 0.300. The zero-order valence-corrected chi connectivity index (χ0v) is 14.6. The van der Waals surface area contributed by atoms with Crippen molar-refractivity contribution in [2.24, 2.45) is 0 Å².